The Morgan fingerprint density at radius 1 is 1.08 bits per heavy atom. The molecular weight excluding hydrogens is 326 g/mol. The molecule has 0 unspecified atom stereocenters. The third-order valence-electron chi connectivity index (χ3n) is 4.38. The molecule has 0 atom stereocenters. The van der Waals surface area contributed by atoms with Crippen LogP contribution in [0.5, 0.6) is 0 Å². The zero-order chi connectivity index (χ0) is 18.1. The summed E-state index contributed by atoms with van der Waals surface area (Å²) in [7, 11) is 0. The Kier molecular flexibility index (Phi) is 3.89. The van der Waals surface area contributed by atoms with Crippen molar-refractivity contribution in [1.29, 1.82) is 0 Å². The second kappa shape index (κ2) is 6.37. The van der Waals surface area contributed by atoms with E-state index >= 15 is 0 Å². The second-order valence-corrected chi connectivity index (χ2v) is 6.17. The smallest absolute Gasteiger partial charge is 0.256 e. The maximum atomic E-state index is 12.6. The highest BCUT2D eigenvalue weighted by Crippen LogP contribution is 2.33. The van der Waals surface area contributed by atoms with Crippen LogP contribution in [-0.4, -0.2) is 16.8 Å². The van der Waals surface area contributed by atoms with Crippen LogP contribution in [0.3, 0.4) is 0 Å². The van der Waals surface area contributed by atoms with Gasteiger partial charge in [0.05, 0.1) is 5.57 Å². The Morgan fingerprint density at radius 3 is 2.69 bits per heavy atom. The summed E-state index contributed by atoms with van der Waals surface area (Å²) in [6.45, 7) is 1.94. The highest BCUT2D eigenvalue weighted by atomic mass is 16.2. The third-order valence-corrected chi connectivity index (χ3v) is 4.38. The summed E-state index contributed by atoms with van der Waals surface area (Å²) < 4.78 is 0. The van der Waals surface area contributed by atoms with Crippen molar-refractivity contribution in [1.82, 2.24) is 4.98 Å². The normalized spacial score (nSPS) is 14.2. The van der Waals surface area contributed by atoms with Crippen molar-refractivity contribution in [3.63, 3.8) is 0 Å². The molecule has 2 amide bonds. The van der Waals surface area contributed by atoms with E-state index in [4.69, 9.17) is 0 Å². The maximum Gasteiger partial charge on any atom is 0.256 e. The first kappa shape index (κ1) is 15.9. The van der Waals surface area contributed by atoms with Gasteiger partial charge in [-0.25, -0.2) is 0 Å². The molecule has 5 heteroatoms. The van der Waals surface area contributed by atoms with Gasteiger partial charge in [-0.05, 0) is 55.0 Å². The molecule has 3 N–H and O–H groups in total. The van der Waals surface area contributed by atoms with E-state index in [-0.39, 0.29) is 11.8 Å². The lowest BCUT2D eigenvalue weighted by Gasteiger charge is -2.09. The summed E-state index contributed by atoms with van der Waals surface area (Å²) in [5, 5.41) is 5.75. The number of para-hydroxylation sites is 1. The van der Waals surface area contributed by atoms with Gasteiger partial charge in [-0.2, -0.15) is 0 Å². The number of aryl methyl sites for hydroxylation is 1. The molecule has 0 fully saturated rings. The Bertz CT molecular complexity index is 1030. The van der Waals surface area contributed by atoms with E-state index in [9.17, 15) is 9.59 Å². The number of hydrogen-bond acceptors (Lipinski definition) is 2. The van der Waals surface area contributed by atoms with Crippen LogP contribution in [0.15, 0.2) is 60.8 Å². The number of fused-ring (bicyclic) bond motifs is 1. The van der Waals surface area contributed by atoms with Gasteiger partial charge in [-0.15, -0.1) is 0 Å². The SMILES string of the molecule is Cc1ccccc1NC(=O)c1ccc2c(c1)C(=Cc1ccc[nH]1)C(=O)N2. The lowest BCUT2D eigenvalue weighted by atomic mass is 10.0. The fourth-order valence-corrected chi connectivity index (χ4v) is 2.97. The molecule has 1 aliphatic heterocycles. The van der Waals surface area contributed by atoms with Gasteiger partial charge in [0.25, 0.3) is 11.8 Å². The van der Waals surface area contributed by atoms with Crippen molar-refractivity contribution in [2.24, 2.45) is 0 Å². The minimum Gasteiger partial charge on any atom is -0.362 e. The molecule has 0 spiro atoms. The fraction of sp³-hybridized carbons (Fsp3) is 0.0476. The van der Waals surface area contributed by atoms with Crippen molar-refractivity contribution < 1.29 is 9.59 Å². The van der Waals surface area contributed by atoms with Gasteiger partial charge >= 0.3 is 0 Å². The standard InChI is InChI=1S/C21H17N3O2/c1-13-5-2-3-7-18(13)23-20(25)14-8-9-19-16(11-14)17(21(26)24-19)12-15-6-4-10-22-15/h2-12,22H,1H3,(H,23,25)(H,24,26). The van der Waals surface area contributed by atoms with Crippen molar-refractivity contribution in [3.05, 3.63) is 83.2 Å². The topological polar surface area (TPSA) is 74.0 Å². The number of anilines is 2. The van der Waals surface area contributed by atoms with Crippen LogP contribution in [0.4, 0.5) is 11.4 Å². The average molecular weight is 343 g/mol. The van der Waals surface area contributed by atoms with Crippen LogP contribution < -0.4 is 10.6 Å². The van der Waals surface area contributed by atoms with E-state index in [1.807, 2.05) is 43.3 Å². The van der Waals surface area contributed by atoms with E-state index in [2.05, 4.69) is 15.6 Å². The van der Waals surface area contributed by atoms with Crippen LogP contribution in [-0.2, 0) is 4.79 Å². The van der Waals surface area contributed by atoms with E-state index < -0.39 is 0 Å². The van der Waals surface area contributed by atoms with E-state index in [1.165, 1.54) is 0 Å². The second-order valence-electron chi connectivity index (χ2n) is 6.17. The summed E-state index contributed by atoms with van der Waals surface area (Å²) in [6, 6.07) is 16.6. The number of rotatable bonds is 3. The maximum absolute atomic E-state index is 12.6. The molecule has 1 aromatic heterocycles. The van der Waals surface area contributed by atoms with Gasteiger partial charge in [-0.3, -0.25) is 9.59 Å². The lowest BCUT2D eigenvalue weighted by Crippen LogP contribution is -2.12. The molecular formula is C21H17N3O2. The molecule has 0 aliphatic carbocycles. The quantitative estimate of drug-likeness (QED) is 0.627. The van der Waals surface area contributed by atoms with Gasteiger partial charge in [0.2, 0.25) is 0 Å². The number of amides is 2. The Hall–Kier alpha value is -3.60. The summed E-state index contributed by atoms with van der Waals surface area (Å²) in [5.41, 5.74) is 5.06. The van der Waals surface area contributed by atoms with E-state index in [1.54, 1.807) is 30.5 Å². The van der Waals surface area contributed by atoms with Gasteiger partial charge in [0.15, 0.2) is 0 Å². The molecule has 2 aromatic carbocycles. The van der Waals surface area contributed by atoms with E-state index in [0.29, 0.717) is 16.8 Å². The lowest BCUT2D eigenvalue weighted by molar-refractivity contribution is -0.110. The predicted molar refractivity (Wildman–Crippen MR) is 103 cm³/mol. The first-order chi connectivity index (χ1) is 12.6. The first-order valence-corrected chi connectivity index (χ1v) is 8.29. The molecule has 4 rings (SSSR count). The monoisotopic (exact) mass is 343 g/mol. The number of H-pyrrole nitrogens is 1. The molecule has 26 heavy (non-hydrogen) atoms. The molecule has 3 aromatic rings. The molecule has 2 heterocycles. The zero-order valence-electron chi connectivity index (χ0n) is 14.2. The number of carbonyl (C=O) groups excluding carboxylic acids is 2. The molecule has 0 radical (unpaired) electrons. The summed E-state index contributed by atoms with van der Waals surface area (Å²) in [5.74, 6) is -0.383. The summed E-state index contributed by atoms with van der Waals surface area (Å²) >= 11 is 0. The molecule has 128 valence electrons. The van der Waals surface area contributed by atoms with Gasteiger partial charge in [0.1, 0.15) is 0 Å². The highest BCUT2D eigenvalue weighted by molar-refractivity contribution is 6.35. The number of aromatic amines is 1. The van der Waals surface area contributed by atoms with Crippen molar-refractivity contribution in [2.75, 3.05) is 10.6 Å². The zero-order valence-corrected chi connectivity index (χ0v) is 14.2. The first-order valence-electron chi connectivity index (χ1n) is 8.29. The van der Waals surface area contributed by atoms with Gasteiger partial charge < -0.3 is 15.6 Å². The summed E-state index contributed by atoms with van der Waals surface area (Å²) in [4.78, 5) is 28.0. The summed E-state index contributed by atoms with van der Waals surface area (Å²) in [6.07, 6.45) is 3.58. The largest absolute Gasteiger partial charge is 0.362 e. The van der Waals surface area contributed by atoms with Gasteiger partial charge in [-0.1, -0.05) is 18.2 Å². The minimum atomic E-state index is -0.208. The van der Waals surface area contributed by atoms with Gasteiger partial charge in [0, 0.05) is 34.4 Å². The van der Waals surface area contributed by atoms with E-state index in [0.717, 1.165) is 22.5 Å². The molecule has 0 saturated heterocycles. The Morgan fingerprint density at radius 2 is 1.92 bits per heavy atom. The molecule has 0 saturated carbocycles. The van der Waals surface area contributed by atoms with Crippen molar-refractivity contribution >= 4 is 34.8 Å². The number of hydrogen-bond donors (Lipinski definition) is 3. The fourth-order valence-electron chi connectivity index (χ4n) is 2.97. The average Bonchev–Trinajstić information content (AvgIpc) is 3.25. The third kappa shape index (κ3) is 2.91. The predicted octanol–water partition coefficient (Wildman–Crippen LogP) is 4.07. The molecule has 1 aliphatic rings. The Labute approximate surface area is 150 Å². The van der Waals surface area contributed by atoms with Crippen molar-refractivity contribution in [2.45, 2.75) is 6.92 Å². The Balaban J connectivity index is 1.67. The van der Waals surface area contributed by atoms with Crippen LogP contribution in [0.2, 0.25) is 0 Å². The number of nitrogens with one attached hydrogen (secondary N) is 3. The van der Waals surface area contributed by atoms with Crippen LogP contribution in [0.1, 0.15) is 27.2 Å². The van der Waals surface area contributed by atoms with Crippen LogP contribution in [0.25, 0.3) is 11.6 Å². The highest BCUT2D eigenvalue weighted by Gasteiger charge is 2.25. The number of carbonyl (C=O) groups is 2. The minimum absolute atomic E-state index is 0.175. The molecule has 0 bridgehead atoms. The van der Waals surface area contributed by atoms with Crippen LogP contribution >= 0.6 is 0 Å². The van der Waals surface area contributed by atoms with Crippen molar-refractivity contribution in [3.8, 4) is 0 Å². The number of benzene rings is 2. The molecule has 5 nitrogen and oxygen atoms in total. The number of aromatic nitrogens is 1. The van der Waals surface area contributed by atoms with Crippen LogP contribution in [0, 0.1) is 6.92 Å².